The minimum atomic E-state index is -3.44. The lowest BCUT2D eigenvalue weighted by Gasteiger charge is -2.36. The lowest BCUT2D eigenvalue weighted by molar-refractivity contribution is -0.121. The van der Waals surface area contributed by atoms with Crippen LogP contribution < -0.4 is 0 Å². The van der Waals surface area contributed by atoms with E-state index in [1.807, 2.05) is 0 Å². The molecule has 0 unspecified atom stereocenters. The van der Waals surface area contributed by atoms with Crippen LogP contribution in [-0.4, -0.2) is 56.1 Å². The average Bonchev–Trinajstić information content (AvgIpc) is 2.58. The van der Waals surface area contributed by atoms with E-state index in [0.29, 0.717) is 47.6 Å². The van der Waals surface area contributed by atoms with E-state index in [9.17, 15) is 13.2 Å². The summed E-state index contributed by atoms with van der Waals surface area (Å²) < 4.78 is 26.9. The lowest BCUT2D eigenvalue weighted by atomic mass is 9.88. The molecule has 0 spiro atoms. The van der Waals surface area contributed by atoms with Gasteiger partial charge in [0.1, 0.15) is 5.78 Å². The summed E-state index contributed by atoms with van der Waals surface area (Å²) in [6, 6.07) is 6.33. The summed E-state index contributed by atoms with van der Waals surface area (Å²) in [5.41, 5.74) is 0. The van der Waals surface area contributed by atoms with Crippen molar-refractivity contribution in [3.8, 4) is 0 Å². The predicted molar refractivity (Wildman–Crippen MR) is 93.6 cm³/mol. The average molecular weight is 371 g/mol. The molecule has 1 aromatic rings. The van der Waals surface area contributed by atoms with Crippen molar-refractivity contribution in [1.29, 1.82) is 0 Å². The van der Waals surface area contributed by atoms with E-state index in [1.54, 1.807) is 28.6 Å². The number of ketones is 1. The van der Waals surface area contributed by atoms with E-state index >= 15 is 0 Å². The third-order valence-corrected chi connectivity index (χ3v) is 7.13. The molecular weight excluding hydrogens is 348 g/mol. The Morgan fingerprint density at radius 3 is 2.17 bits per heavy atom. The summed E-state index contributed by atoms with van der Waals surface area (Å²) in [7, 11) is -3.44. The van der Waals surface area contributed by atoms with Crippen molar-refractivity contribution in [2.75, 3.05) is 32.7 Å². The normalized spacial score (nSPS) is 22.0. The molecule has 1 saturated carbocycles. The monoisotopic (exact) mass is 370 g/mol. The number of hydrogen-bond donors (Lipinski definition) is 0. The number of rotatable bonds is 4. The van der Waals surface area contributed by atoms with Gasteiger partial charge < -0.3 is 4.90 Å². The van der Waals surface area contributed by atoms with Gasteiger partial charge in [-0.15, -0.1) is 0 Å². The molecule has 5 nitrogen and oxygen atoms in total. The largest absolute Gasteiger partial charge is 0.300 e. The fourth-order valence-electron chi connectivity index (χ4n) is 3.46. The van der Waals surface area contributed by atoms with Crippen molar-refractivity contribution in [2.45, 2.75) is 30.6 Å². The van der Waals surface area contributed by atoms with Crippen LogP contribution in [0.3, 0.4) is 0 Å². The maximum Gasteiger partial charge on any atom is 0.243 e. The van der Waals surface area contributed by atoms with E-state index in [1.165, 1.54) is 0 Å². The Kier molecular flexibility index (Phi) is 5.59. The van der Waals surface area contributed by atoms with Crippen LogP contribution in [0.1, 0.15) is 25.7 Å². The Bertz CT molecular complexity index is 672. The molecule has 132 valence electrons. The molecule has 0 atom stereocenters. The number of piperazine rings is 1. The van der Waals surface area contributed by atoms with Gasteiger partial charge in [-0.3, -0.25) is 4.79 Å². The van der Waals surface area contributed by atoms with Crippen molar-refractivity contribution in [2.24, 2.45) is 5.92 Å². The number of benzene rings is 1. The Morgan fingerprint density at radius 1 is 1.00 bits per heavy atom. The maximum atomic E-state index is 12.7. The molecule has 24 heavy (non-hydrogen) atoms. The van der Waals surface area contributed by atoms with Crippen LogP contribution in [0, 0.1) is 5.92 Å². The first-order chi connectivity index (χ1) is 11.4. The van der Waals surface area contributed by atoms with Gasteiger partial charge in [0, 0.05) is 50.6 Å². The molecule has 0 bridgehead atoms. The van der Waals surface area contributed by atoms with Crippen molar-refractivity contribution in [3.05, 3.63) is 29.3 Å². The molecule has 0 amide bonds. The van der Waals surface area contributed by atoms with Gasteiger partial charge in [-0.2, -0.15) is 4.31 Å². The summed E-state index contributed by atoms with van der Waals surface area (Å²) in [4.78, 5) is 13.9. The summed E-state index contributed by atoms with van der Waals surface area (Å²) >= 11 is 5.83. The van der Waals surface area contributed by atoms with Crippen molar-refractivity contribution < 1.29 is 13.2 Å². The SMILES string of the molecule is O=C1CCC(CN2CCN(S(=O)(=O)c3ccc(Cl)cc3)CC2)CC1. The number of hydrogen-bond acceptors (Lipinski definition) is 4. The second-order valence-corrected chi connectivity index (χ2v) is 9.02. The van der Waals surface area contributed by atoms with Gasteiger partial charge in [-0.25, -0.2) is 8.42 Å². The Hall–Kier alpha value is -0.950. The molecule has 7 heteroatoms. The third-order valence-electron chi connectivity index (χ3n) is 4.96. The molecular formula is C17H23ClN2O3S. The van der Waals surface area contributed by atoms with Crippen LogP contribution in [0.2, 0.25) is 5.02 Å². The van der Waals surface area contributed by atoms with E-state index in [-0.39, 0.29) is 0 Å². The van der Waals surface area contributed by atoms with Gasteiger partial charge in [0.15, 0.2) is 0 Å². The smallest absolute Gasteiger partial charge is 0.243 e. The van der Waals surface area contributed by atoms with Crippen LogP contribution in [0.25, 0.3) is 0 Å². The summed E-state index contributed by atoms with van der Waals surface area (Å²) in [5, 5.41) is 0.532. The molecule has 1 saturated heterocycles. The van der Waals surface area contributed by atoms with Crippen molar-refractivity contribution >= 4 is 27.4 Å². The van der Waals surface area contributed by atoms with Gasteiger partial charge in [-0.05, 0) is 43.0 Å². The Morgan fingerprint density at radius 2 is 1.58 bits per heavy atom. The number of halogens is 1. The first-order valence-electron chi connectivity index (χ1n) is 8.45. The zero-order valence-electron chi connectivity index (χ0n) is 13.7. The summed E-state index contributed by atoms with van der Waals surface area (Å²) in [5.74, 6) is 0.951. The molecule has 2 aliphatic rings. The molecule has 3 rings (SSSR count). The second-order valence-electron chi connectivity index (χ2n) is 6.64. The number of sulfonamides is 1. The number of carbonyl (C=O) groups is 1. The first-order valence-corrected chi connectivity index (χ1v) is 10.3. The number of Topliss-reactive ketones (excluding diaryl/α,β-unsaturated/α-hetero) is 1. The molecule has 2 fully saturated rings. The molecule has 1 aromatic carbocycles. The van der Waals surface area contributed by atoms with Crippen molar-refractivity contribution in [3.63, 3.8) is 0 Å². The highest BCUT2D eigenvalue weighted by Gasteiger charge is 2.29. The quantitative estimate of drug-likeness (QED) is 0.816. The minimum absolute atomic E-state index is 0.297. The van der Waals surface area contributed by atoms with Gasteiger partial charge >= 0.3 is 0 Å². The van der Waals surface area contributed by atoms with Crippen LogP contribution in [0.4, 0.5) is 0 Å². The van der Waals surface area contributed by atoms with Crippen LogP contribution >= 0.6 is 11.6 Å². The standard InChI is InChI=1S/C17H23ClN2O3S/c18-15-3-7-17(8-4-15)24(22,23)20-11-9-19(10-12-20)13-14-1-5-16(21)6-2-14/h3-4,7-8,14H,1-2,5-6,9-13H2. The van der Waals surface area contributed by atoms with Gasteiger partial charge in [0.05, 0.1) is 4.90 Å². The molecule has 1 heterocycles. The zero-order valence-corrected chi connectivity index (χ0v) is 15.2. The topological polar surface area (TPSA) is 57.7 Å². The third kappa shape index (κ3) is 4.17. The molecule has 0 aromatic heterocycles. The Balaban J connectivity index is 1.54. The van der Waals surface area contributed by atoms with E-state index in [0.717, 1.165) is 32.5 Å². The highest BCUT2D eigenvalue weighted by atomic mass is 35.5. The predicted octanol–water partition coefficient (Wildman–Crippen LogP) is 2.41. The molecule has 0 radical (unpaired) electrons. The van der Waals surface area contributed by atoms with Gasteiger partial charge in [0.25, 0.3) is 0 Å². The fourth-order valence-corrected chi connectivity index (χ4v) is 5.00. The molecule has 0 N–H and O–H groups in total. The van der Waals surface area contributed by atoms with Gasteiger partial charge in [-0.1, -0.05) is 11.6 Å². The van der Waals surface area contributed by atoms with Crippen LogP contribution in [-0.2, 0) is 14.8 Å². The van der Waals surface area contributed by atoms with E-state index in [4.69, 9.17) is 11.6 Å². The van der Waals surface area contributed by atoms with E-state index < -0.39 is 10.0 Å². The first kappa shape index (κ1) is 17.9. The minimum Gasteiger partial charge on any atom is -0.300 e. The lowest BCUT2D eigenvalue weighted by Crippen LogP contribution is -2.49. The molecule has 1 aliphatic carbocycles. The number of carbonyl (C=O) groups excluding carboxylic acids is 1. The van der Waals surface area contributed by atoms with E-state index in [2.05, 4.69) is 4.90 Å². The highest BCUT2D eigenvalue weighted by Crippen LogP contribution is 2.24. The number of nitrogens with zero attached hydrogens (tertiary/aromatic N) is 2. The van der Waals surface area contributed by atoms with Crippen LogP contribution in [0.15, 0.2) is 29.2 Å². The zero-order chi connectivity index (χ0) is 17.2. The summed E-state index contributed by atoms with van der Waals surface area (Å²) in [6.07, 6.45) is 3.36. The Labute approximate surface area is 148 Å². The molecule has 1 aliphatic heterocycles. The summed E-state index contributed by atoms with van der Waals surface area (Å²) in [6.45, 7) is 3.49. The van der Waals surface area contributed by atoms with Crippen molar-refractivity contribution in [1.82, 2.24) is 9.21 Å². The van der Waals surface area contributed by atoms with Crippen LogP contribution in [0.5, 0.6) is 0 Å². The van der Waals surface area contributed by atoms with Gasteiger partial charge in [0.2, 0.25) is 10.0 Å². The highest BCUT2D eigenvalue weighted by molar-refractivity contribution is 7.89. The maximum absolute atomic E-state index is 12.7. The fraction of sp³-hybridized carbons (Fsp3) is 0.588. The second kappa shape index (κ2) is 7.52.